The average molecular weight is 523 g/mol. The van der Waals surface area contributed by atoms with Gasteiger partial charge >= 0.3 is 0 Å². The molecule has 216 valence electrons. The van der Waals surface area contributed by atoms with Crippen molar-refractivity contribution in [3.05, 3.63) is 11.6 Å². The second-order valence-corrected chi connectivity index (χ2v) is 14.3. The van der Waals surface area contributed by atoms with E-state index in [9.17, 15) is 5.11 Å². The van der Waals surface area contributed by atoms with Gasteiger partial charge in [0.15, 0.2) is 0 Å². The molecule has 4 aliphatic rings. The largest absolute Gasteiger partial charge is 0.396 e. The number of hydrogen-bond acceptors (Lipinski definition) is 5. The molecule has 5 heteroatoms. The number of aliphatic hydroxyl groups excluding tert-OH is 5. The first kappa shape index (κ1) is 31.1. The fourth-order valence-electron chi connectivity index (χ4n) is 8.97. The Balaban J connectivity index is 0.000000364. The smallest absolute Gasteiger partial charge is 0.0627 e. The van der Waals surface area contributed by atoms with Crippen LogP contribution < -0.4 is 0 Å². The predicted molar refractivity (Wildman–Crippen MR) is 150 cm³/mol. The van der Waals surface area contributed by atoms with Crippen molar-refractivity contribution in [1.82, 2.24) is 0 Å². The van der Waals surface area contributed by atoms with Crippen LogP contribution in [0.25, 0.3) is 0 Å². The summed E-state index contributed by atoms with van der Waals surface area (Å²) in [6.45, 7) is 10.9. The van der Waals surface area contributed by atoms with Crippen LogP contribution in [0.15, 0.2) is 11.6 Å². The molecule has 0 unspecified atom stereocenters. The summed E-state index contributed by atoms with van der Waals surface area (Å²) in [5.74, 6) is 5.46. The molecular formula is C32H58O5. The van der Waals surface area contributed by atoms with Gasteiger partial charge in [-0.25, -0.2) is 0 Å². The summed E-state index contributed by atoms with van der Waals surface area (Å²) in [4.78, 5) is 0. The number of rotatable bonds is 9. The van der Waals surface area contributed by atoms with E-state index in [4.69, 9.17) is 20.4 Å². The number of aliphatic hydroxyl groups is 5. The summed E-state index contributed by atoms with van der Waals surface area (Å²) in [6.07, 6.45) is 17.2. The van der Waals surface area contributed by atoms with E-state index in [0.717, 1.165) is 48.3 Å². The molecule has 0 bridgehead atoms. The third kappa shape index (κ3) is 6.32. The zero-order valence-electron chi connectivity index (χ0n) is 24.5. The molecule has 4 aliphatic carbocycles. The first-order valence-electron chi connectivity index (χ1n) is 15.3. The molecule has 3 fully saturated rings. The molecule has 3 saturated carbocycles. The van der Waals surface area contributed by atoms with Crippen molar-refractivity contribution in [2.75, 3.05) is 26.4 Å². The molecule has 0 saturated heterocycles. The Hall–Kier alpha value is -0.460. The Kier molecular flexibility index (Phi) is 10.8. The minimum atomic E-state index is -1.11. The van der Waals surface area contributed by atoms with Gasteiger partial charge in [0.25, 0.3) is 0 Å². The van der Waals surface area contributed by atoms with E-state index in [0.29, 0.717) is 10.8 Å². The molecule has 37 heavy (non-hydrogen) atoms. The van der Waals surface area contributed by atoms with Gasteiger partial charge in [0.05, 0.1) is 37.9 Å². The summed E-state index contributed by atoms with van der Waals surface area (Å²) >= 11 is 0. The fraction of sp³-hybridized carbons (Fsp3) is 0.938. The highest BCUT2D eigenvalue weighted by Crippen LogP contribution is 2.67. The molecule has 0 amide bonds. The second-order valence-electron chi connectivity index (χ2n) is 14.3. The van der Waals surface area contributed by atoms with Crippen molar-refractivity contribution < 1.29 is 25.5 Å². The SMILES string of the molecule is CC(C)CCC[C@@H](C)[C@H]1CC[C@H]2[C@@H]3CC=C4C[C@@H](O)CC[C@]4(C)[C@H]3CC[C@]12C.OCC(CO)(CO)CO. The van der Waals surface area contributed by atoms with Gasteiger partial charge in [-0.15, -0.1) is 0 Å². The van der Waals surface area contributed by atoms with Crippen molar-refractivity contribution in [2.45, 2.75) is 111 Å². The summed E-state index contributed by atoms with van der Waals surface area (Å²) in [5, 5.41) is 44.2. The highest BCUT2D eigenvalue weighted by molar-refractivity contribution is 5.25. The van der Waals surface area contributed by atoms with E-state index in [1.165, 1.54) is 57.8 Å². The van der Waals surface area contributed by atoms with Crippen molar-refractivity contribution in [3.63, 3.8) is 0 Å². The number of allylic oxidation sites excluding steroid dienone is 1. The van der Waals surface area contributed by atoms with Crippen LogP contribution in [0.2, 0.25) is 0 Å². The van der Waals surface area contributed by atoms with Gasteiger partial charge in [-0.05, 0) is 97.7 Å². The van der Waals surface area contributed by atoms with E-state index >= 15 is 0 Å². The van der Waals surface area contributed by atoms with Crippen molar-refractivity contribution >= 4 is 0 Å². The van der Waals surface area contributed by atoms with Gasteiger partial charge in [0.1, 0.15) is 0 Å². The molecule has 0 aromatic heterocycles. The lowest BCUT2D eigenvalue weighted by molar-refractivity contribution is -0.0573. The predicted octanol–water partition coefficient (Wildman–Crippen LogP) is 5.33. The second kappa shape index (κ2) is 12.8. The van der Waals surface area contributed by atoms with Crippen LogP contribution in [0, 0.1) is 51.8 Å². The highest BCUT2D eigenvalue weighted by atomic mass is 16.3. The molecule has 0 heterocycles. The van der Waals surface area contributed by atoms with Crippen molar-refractivity contribution in [3.8, 4) is 0 Å². The molecule has 0 aromatic rings. The maximum Gasteiger partial charge on any atom is 0.0627 e. The van der Waals surface area contributed by atoms with Crippen LogP contribution in [0.3, 0.4) is 0 Å². The molecule has 4 rings (SSSR count). The number of fused-ring (bicyclic) bond motifs is 5. The summed E-state index contributed by atoms with van der Waals surface area (Å²) < 4.78 is 0. The first-order chi connectivity index (χ1) is 17.5. The summed E-state index contributed by atoms with van der Waals surface area (Å²) in [6, 6.07) is 0. The molecule has 8 atom stereocenters. The van der Waals surface area contributed by atoms with Gasteiger partial charge in [-0.2, -0.15) is 0 Å². The van der Waals surface area contributed by atoms with E-state index in [1.54, 1.807) is 5.57 Å². The zero-order chi connectivity index (χ0) is 27.4. The maximum atomic E-state index is 10.2. The van der Waals surface area contributed by atoms with E-state index in [-0.39, 0.29) is 6.10 Å². The Bertz CT molecular complexity index is 728. The molecule has 0 spiro atoms. The lowest BCUT2D eigenvalue weighted by Gasteiger charge is -2.58. The molecule has 0 aromatic carbocycles. The van der Waals surface area contributed by atoms with E-state index in [1.807, 2.05) is 0 Å². The van der Waals surface area contributed by atoms with Gasteiger partial charge in [0, 0.05) is 0 Å². The lowest BCUT2D eigenvalue weighted by atomic mass is 9.47. The van der Waals surface area contributed by atoms with Crippen LogP contribution in [0.1, 0.15) is 105 Å². The lowest BCUT2D eigenvalue weighted by Crippen LogP contribution is -2.50. The first-order valence-corrected chi connectivity index (χ1v) is 15.3. The van der Waals surface area contributed by atoms with Crippen LogP contribution in [-0.4, -0.2) is 58.1 Å². The van der Waals surface area contributed by atoms with E-state index in [2.05, 4.69) is 40.7 Å². The third-order valence-electron chi connectivity index (χ3n) is 11.6. The molecule has 5 nitrogen and oxygen atoms in total. The maximum absolute atomic E-state index is 10.2. The average Bonchev–Trinajstić information content (AvgIpc) is 3.24. The molecule has 0 aliphatic heterocycles. The number of hydrogen-bond donors (Lipinski definition) is 5. The molecular weight excluding hydrogens is 464 g/mol. The summed E-state index contributed by atoms with van der Waals surface area (Å²) in [5.41, 5.74) is 1.49. The van der Waals surface area contributed by atoms with Crippen LogP contribution in [0.4, 0.5) is 0 Å². The van der Waals surface area contributed by atoms with Crippen LogP contribution >= 0.6 is 0 Å². The van der Waals surface area contributed by atoms with Crippen molar-refractivity contribution in [1.29, 1.82) is 0 Å². The van der Waals surface area contributed by atoms with Gasteiger partial charge in [-0.3, -0.25) is 0 Å². The highest BCUT2D eigenvalue weighted by Gasteiger charge is 2.59. The minimum absolute atomic E-state index is 0.0766. The van der Waals surface area contributed by atoms with Crippen LogP contribution in [-0.2, 0) is 0 Å². The Morgan fingerprint density at radius 3 is 2.08 bits per heavy atom. The van der Waals surface area contributed by atoms with Gasteiger partial charge < -0.3 is 25.5 Å². The molecule has 0 radical (unpaired) electrons. The minimum Gasteiger partial charge on any atom is -0.396 e. The van der Waals surface area contributed by atoms with Crippen molar-refractivity contribution in [2.24, 2.45) is 51.8 Å². The Morgan fingerprint density at radius 2 is 1.51 bits per heavy atom. The van der Waals surface area contributed by atoms with Gasteiger partial charge in [0.2, 0.25) is 0 Å². The zero-order valence-corrected chi connectivity index (χ0v) is 24.5. The third-order valence-corrected chi connectivity index (χ3v) is 11.6. The van der Waals surface area contributed by atoms with E-state index < -0.39 is 31.8 Å². The topological polar surface area (TPSA) is 101 Å². The summed E-state index contributed by atoms with van der Waals surface area (Å²) in [7, 11) is 0. The van der Waals surface area contributed by atoms with Crippen LogP contribution in [0.5, 0.6) is 0 Å². The normalized spacial score (nSPS) is 38.1. The Morgan fingerprint density at radius 1 is 0.865 bits per heavy atom. The fourth-order valence-corrected chi connectivity index (χ4v) is 8.97. The Labute approximate surface area is 226 Å². The van der Waals surface area contributed by atoms with Gasteiger partial charge in [-0.1, -0.05) is 65.5 Å². The quantitative estimate of drug-likeness (QED) is 0.264. The molecule has 5 N–H and O–H groups in total. The monoisotopic (exact) mass is 522 g/mol. The standard InChI is InChI=1S/C27H46O.C5H12O4/c1-18(2)7-6-8-19(3)23-11-12-24-22-10-9-20-17-21(28)13-15-26(20,4)25(22)14-16-27(23,24)5;6-1-5(2-7,3-8)4-9/h9,18-19,21-25,28H,6-8,10-17H2,1-5H3;6-9H,1-4H2/t19-,21+,22+,23-,24+,25+,26+,27-;/m1./s1.